The van der Waals surface area contributed by atoms with Gasteiger partial charge in [-0.3, -0.25) is 4.79 Å². The van der Waals surface area contributed by atoms with Gasteiger partial charge in [0.1, 0.15) is 12.0 Å². The largest absolute Gasteiger partial charge is 0.482 e. The molecule has 0 spiro atoms. The zero-order valence-corrected chi connectivity index (χ0v) is 10.1. The summed E-state index contributed by atoms with van der Waals surface area (Å²) in [5.74, 6) is 0.0744. The van der Waals surface area contributed by atoms with Crippen LogP contribution in [0.3, 0.4) is 0 Å². The Labute approximate surface area is 109 Å². The number of carbonyl (C=O) groups excluding carboxylic acids is 2. The Morgan fingerprint density at radius 3 is 3.00 bits per heavy atom. The second-order valence-corrected chi connectivity index (χ2v) is 4.60. The first-order valence-corrected chi connectivity index (χ1v) is 5.97. The van der Waals surface area contributed by atoms with Crippen LogP contribution in [0.15, 0.2) is 18.2 Å². The van der Waals surface area contributed by atoms with Gasteiger partial charge < -0.3 is 20.6 Å². The van der Waals surface area contributed by atoms with Crippen molar-refractivity contribution in [1.29, 1.82) is 0 Å². The summed E-state index contributed by atoms with van der Waals surface area (Å²) in [4.78, 5) is 22.4. The average Bonchev–Trinajstić information content (AvgIpc) is 2.79. The van der Waals surface area contributed by atoms with Crippen molar-refractivity contribution in [1.82, 2.24) is 10.9 Å². The van der Waals surface area contributed by atoms with Gasteiger partial charge >= 0.3 is 0 Å². The van der Waals surface area contributed by atoms with Crippen LogP contribution in [0.2, 0.25) is 0 Å². The number of amides is 1. The predicted molar refractivity (Wildman–Crippen MR) is 67.1 cm³/mol. The van der Waals surface area contributed by atoms with Gasteiger partial charge in [-0.15, -0.1) is 0 Å². The van der Waals surface area contributed by atoms with Gasteiger partial charge in [0.2, 0.25) is 0 Å². The number of hydrogen-bond donors (Lipinski definition) is 4. The third-order valence-corrected chi connectivity index (χ3v) is 3.36. The van der Waals surface area contributed by atoms with Crippen molar-refractivity contribution in [2.75, 3.05) is 11.9 Å². The van der Waals surface area contributed by atoms with Crippen molar-refractivity contribution < 1.29 is 14.3 Å². The van der Waals surface area contributed by atoms with Crippen LogP contribution in [0.5, 0.6) is 5.75 Å². The number of hydrogen-bond acceptors (Lipinski definition) is 6. The molecule has 5 N–H and O–H groups in total. The lowest BCUT2D eigenvalue weighted by atomic mass is 9.94. The minimum atomic E-state index is -0.427. The molecular weight excluding hydrogens is 248 g/mol. The SMILES string of the molecule is NC1NNC(c2ccc3c(c2)NC(=O)CO3)C1C=O. The molecule has 3 unspecified atom stereocenters. The molecule has 3 rings (SSSR count). The van der Waals surface area contributed by atoms with E-state index in [0.29, 0.717) is 11.4 Å². The molecule has 7 nitrogen and oxygen atoms in total. The second-order valence-electron chi connectivity index (χ2n) is 4.60. The molecule has 1 aromatic rings. The van der Waals surface area contributed by atoms with Crippen molar-refractivity contribution in [3.63, 3.8) is 0 Å². The molecule has 100 valence electrons. The number of ether oxygens (including phenoxy) is 1. The first-order chi connectivity index (χ1) is 9.19. The number of aldehydes is 1. The highest BCUT2D eigenvalue weighted by atomic mass is 16.5. The van der Waals surface area contributed by atoms with Gasteiger partial charge in [-0.2, -0.15) is 0 Å². The number of rotatable bonds is 2. The minimum absolute atomic E-state index is 0.0252. The quantitative estimate of drug-likeness (QED) is 0.523. The molecule has 0 aromatic heterocycles. The standard InChI is InChI=1S/C12H14N4O3/c13-12-7(4-17)11(15-16-12)6-1-2-9-8(3-6)14-10(18)5-19-9/h1-4,7,11-12,15-16H,5,13H2,(H,14,18). The highest BCUT2D eigenvalue weighted by Crippen LogP contribution is 2.33. The molecule has 0 bridgehead atoms. The molecule has 1 fully saturated rings. The Morgan fingerprint density at radius 2 is 2.21 bits per heavy atom. The van der Waals surface area contributed by atoms with Crippen LogP contribution in [-0.2, 0) is 9.59 Å². The molecule has 2 heterocycles. The number of fused-ring (bicyclic) bond motifs is 1. The fourth-order valence-electron chi connectivity index (χ4n) is 2.35. The van der Waals surface area contributed by atoms with Gasteiger partial charge in [0.15, 0.2) is 6.61 Å². The fourth-order valence-corrected chi connectivity index (χ4v) is 2.35. The molecule has 1 saturated heterocycles. The highest BCUT2D eigenvalue weighted by molar-refractivity contribution is 5.95. The van der Waals surface area contributed by atoms with Crippen LogP contribution in [-0.4, -0.2) is 25.0 Å². The molecule has 0 aliphatic carbocycles. The molecule has 7 heteroatoms. The average molecular weight is 262 g/mol. The Hall–Kier alpha value is -1.96. The van der Waals surface area contributed by atoms with Crippen LogP contribution in [0.4, 0.5) is 5.69 Å². The molecule has 0 radical (unpaired) electrons. The van der Waals surface area contributed by atoms with Gasteiger partial charge in [0, 0.05) is 0 Å². The van der Waals surface area contributed by atoms with E-state index in [1.54, 1.807) is 12.1 Å². The second kappa shape index (κ2) is 4.61. The number of nitrogens with two attached hydrogens (primary N) is 1. The summed E-state index contributed by atoms with van der Waals surface area (Å²) < 4.78 is 5.29. The smallest absolute Gasteiger partial charge is 0.262 e. The lowest BCUT2D eigenvalue weighted by Gasteiger charge is -2.21. The molecule has 2 aliphatic rings. The Kier molecular flexibility index (Phi) is 2.94. The molecular formula is C12H14N4O3. The number of carbonyl (C=O) groups is 2. The molecule has 1 aromatic carbocycles. The molecule has 19 heavy (non-hydrogen) atoms. The van der Waals surface area contributed by atoms with Crippen molar-refractivity contribution in [3.05, 3.63) is 23.8 Å². The summed E-state index contributed by atoms with van der Waals surface area (Å²) in [6, 6.07) is 5.19. The summed E-state index contributed by atoms with van der Waals surface area (Å²) in [5, 5.41) is 2.74. The van der Waals surface area contributed by atoms with Crippen LogP contribution < -0.4 is 26.6 Å². The first-order valence-electron chi connectivity index (χ1n) is 5.97. The van der Waals surface area contributed by atoms with Crippen LogP contribution in [0.25, 0.3) is 0 Å². The zero-order valence-electron chi connectivity index (χ0n) is 10.1. The van der Waals surface area contributed by atoms with Crippen molar-refractivity contribution in [3.8, 4) is 5.75 Å². The topological polar surface area (TPSA) is 105 Å². The normalized spacial score (nSPS) is 29.3. The molecule has 3 atom stereocenters. The Balaban J connectivity index is 1.92. The van der Waals surface area contributed by atoms with Crippen molar-refractivity contribution in [2.24, 2.45) is 11.7 Å². The third-order valence-electron chi connectivity index (χ3n) is 3.36. The van der Waals surface area contributed by atoms with E-state index in [-0.39, 0.29) is 24.5 Å². The first kappa shape index (κ1) is 12.1. The van der Waals surface area contributed by atoms with Crippen LogP contribution in [0.1, 0.15) is 11.6 Å². The third kappa shape index (κ3) is 2.07. The minimum Gasteiger partial charge on any atom is -0.482 e. The highest BCUT2D eigenvalue weighted by Gasteiger charge is 2.34. The summed E-state index contributed by atoms with van der Waals surface area (Å²) >= 11 is 0. The van der Waals surface area contributed by atoms with E-state index in [4.69, 9.17) is 10.5 Å². The summed E-state index contributed by atoms with van der Waals surface area (Å²) in [5.41, 5.74) is 13.1. The van der Waals surface area contributed by atoms with Gasteiger partial charge in [0.25, 0.3) is 5.91 Å². The number of benzene rings is 1. The van der Waals surface area contributed by atoms with E-state index in [1.807, 2.05) is 6.07 Å². The van der Waals surface area contributed by atoms with Gasteiger partial charge in [-0.1, -0.05) is 6.07 Å². The van der Waals surface area contributed by atoms with Crippen LogP contribution in [0, 0.1) is 5.92 Å². The van der Waals surface area contributed by atoms with E-state index in [1.165, 1.54) is 0 Å². The van der Waals surface area contributed by atoms with E-state index < -0.39 is 6.17 Å². The van der Waals surface area contributed by atoms with E-state index in [2.05, 4.69) is 16.2 Å². The summed E-state index contributed by atoms with van der Waals surface area (Å²) in [7, 11) is 0. The lowest BCUT2D eigenvalue weighted by Crippen LogP contribution is -2.39. The summed E-state index contributed by atoms with van der Waals surface area (Å²) in [6.45, 7) is 0.0252. The number of nitrogens with one attached hydrogen (secondary N) is 3. The number of hydrazine groups is 1. The predicted octanol–water partition coefficient (Wildman–Crippen LogP) is -0.734. The van der Waals surface area contributed by atoms with Crippen molar-refractivity contribution in [2.45, 2.75) is 12.2 Å². The van der Waals surface area contributed by atoms with E-state index in [9.17, 15) is 9.59 Å². The number of anilines is 1. The fraction of sp³-hybridized carbons (Fsp3) is 0.333. The van der Waals surface area contributed by atoms with E-state index >= 15 is 0 Å². The Morgan fingerprint density at radius 1 is 1.37 bits per heavy atom. The van der Waals surface area contributed by atoms with E-state index in [0.717, 1.165) is 11.8 Å². The maximum Gasteiger partial charge on any atom is 0.262 e. The monoisotopic (exact) mass is 262 g/mol. The maximum absolute atomic E-state index is 11.3. The molecule has 1 amide bonds. The van der Waals surface area contributed by atoms with Crippen LogP contribution >= 0.6 is 0 Å². The maximum atomic E-state index is 11.3. The zero-order chi connectivity index (χ0) is 13.4. The lowest BCUT2D eigenvalue weighted by molar-refractivity contribution is -0.118. The summed E-state index contributed by atoms with van der Waals surface area (Å²) in [6.07, 6.45) is 0.404. The van der Waals surface area contributed by atoms with Gasteiger partial charge in [-0.05, 0) is 17.7 Å². The molecule has 0 saturated carbocycles. The van der Waals surface area contributed by atoms with Gasteiger partial charge in [0.05, 0.1) is 23.8 Å². The van der Waals surface area contributed by atoms with Gasteiger partial charge in [-0.25, -0.2) is 10.9 Å². The molecule has 2 aliphatic heterocycles. The Bertz CT molecular complexity index is 534. The van der Waals surface area contributed by atoms with Crippen molar-refractivity contribution >= 4 is 17.9 Å².